The van der Waals surface area contributed by atoms with E-state index in [9.17, 15) is 4.79 Å². The van der Waals surface area contributed by atoms with Crippen LogP contribution in [0.25, 0.3) is 0 Å². The molecule has 1 aliphatic rings. The summed E-state index contributed by atoms with van der Waals surface area (Å²) in [6.07, 6.45) is 0. The fourth-order valence-corrected chi connectivity index (χ4v) is 2.14. The van der Waals surface area contributed by atoms with Crippen LogP contribution >= 0.6 is 0 Å². The van der Waals surface area contributed by atoms with Crippen LogP contribution in [-0.4, -0.2) is 19.1 Å². The summed E-state index contributed by atoms with van der Waals surface area (Å²) in [4.78, 5) is 11.3. The first-order valence-corrected chi connectivity index (χ1v) is 6.49. The van der Waals surface area contributed by atoms with Gasteiger partial charge in [0.15, 0.2) is 11.5 Å². The van der Waals surface area contributed by atoms with Crippen LogP contribution in [0, 0.1) is 0 Å². The largest absolute Gasteiger partial charge is 0.486 e. The Bertz CT molecular complexity index is 701. The van der Waals surface area contributed by atoms with E-state index in [1.165, 1.54) is 0 Å². The zero-order valence-corrected chi connectivity index (χ0v) is 11.3. The number of hydrogen-bond acceptors (Lipinski definition) is 5. The minimum Gasteiger partial charge on any atom is -0.486 e. The third-order valence-corrected chi connectivity index (χ3v) is 3.15. The van der Waals surface area contributed by atoms with Gasteiger partial charge < -0.3 is 26.3 Å². The normalized spacial score (nSPS) is 12.8. The molecule has 1 amide bonds. The van der Waals surface area contributed by atoms with Crippen LogP contribution in [0.2, 0.25) is 0 Å². The second kappa shape index (κ2) is 5.24. The van der Waals surface area contributed by atoms with Gasteiger partial charge in [-0.25, -0.2) is 0 Å². The minimum absolute atomic E-state index is 0.289. The van der Waals surface area contributed by atoms with Crippen molar-refractivity contribution in [1.82, 2.24) is 0 Å². The van der Waals surface area contributed by atoms with Crippen molar-refractivity contribution >= 4 is 23.0 Å². The van der Waals surface area contributed by atoms with Crippen molar-refractivity contribution in [2.75, 3.05) is 24.3 Å². The molecule has 0 radical (unpaired) electrons. The molecular weight excluding hydrogens is 270 g/mol. The molecule has 0 unspecified atom stereocenters. The van der Waals surface area contributed by atoms with Crippen LogP contribution in [-0.2, 0) is 0 Å². The number of nitrogens with two attached hydrogens (primary N) is 2. The van der Waals surface area contributed by atoms with E-state index in [1.54, 1.807) is 18.2 Å². The number of rotatable bonds is 3. The first kappa shape index (κ1) is 13.1. The predicted molar refractivity (Wildman–Crippen MR) is 80.1 cm³/mol. The van der Waals surface area contributed by atoms with E-state index in [4.69, 9.17) is 20.9 Å². The summed E-state index contributed by atoms with van der Waals surface area (Å²) >= 11 is 0. The molecule has 3 rings (SSSR count). The van der Waals surface area contributed by atoms with Gasteiger partial charge in [-0.3, -0.25) is 4.79 Å². The lowest BCUT2D eigenvalue weighted by atomic mass is 10.1. The molecule has 108 valence electrons. The molecule has 1 heterocycles. The predicted octanol–water partition coefficient (Wildman–Crippen LogP) is 1.88. The van der Waals surface area contributed by atoms with Crippen LogP contribution < -0.4 is 26.3 Å². The SMILES string of the molecule is NC(=O)c1cc(Nc2ccc3c(c2)OCCO3)ccc1N. The minimum atomic E-state index is -0.557. The van der Waals surface area contributed by atoms with Crippen LogP contribution in [0.5, 0.6) is 11.5 Å². The Hall–Kier alpha value is -2.89. The summed E-state index contributed by atoms with van der Waals surface area (Å²) in [5.74, 6) is 0.858. The van der Waals surface area contributed by atoms with Crippen molar-refractivity contribution in [2.24, 2.45) is 5.73 Å². The first-order valence-electron chi connectivity index (χ1n) is 6.49. The highest BCUT2D eigenvalue weighted by atomic mass is 16.6. The molecule has 5 N–H and O–H groups in total. The summed E-state index contributed by atoms with van der Waals surface area (Å²) in [6.45, 7) is 1.09. The smallest absolute Gasteiger partial charge is 0.250 e. The van der Waals surface area contributed by atoms with E-state index in [0.29, 0.717) is 24.7 Å². The van der Waals surface area contributed by atoms with Crippen molar-refractivity contribution in [1.29, 1.82) is 0 Å². The van der Waals surface area contributed by atoms with Crippen molar-refractivity contribution in [3.05, 3.63) is 42.0 Å². The Morgan fingerprint density at radius 2 is 1.67 bits per heavy atom. The van der Waals surface area contributed by atoms with E-state index in [1.807, 2.05) is 18.2 Å². The highest BCUT2D eigenvalue weighted by Crippen LogP contribution is 2.33. The number of hydrogen-bond donors (Lipinski definition) is 3. The number of amides is 1. The Labute approximate surface area is 121 Å². The van der Waals surface area contributed by atoms with E-state index < -0.39 is 5.91 Å². The second-order valence-electron chi connectivity index (χ2n) is 4.65. The van der Waals surface area contributed by atoms with Crippen molar-refractivity contribution < 1.29 is 14.3 Å². The summed E-state index contributed by atoms with van der Waals surface area (Å²) < 4.78 is 11.0. The lowest BCUT2D eigenvalue weighted by Crippen LogP contribution is -2.15. The van der Waals surface area contributed by atoms with E-state index in [-0.39, 0.29) is 5.56 Å². The molecule has 0 atom stereocenters. The Kier molecular flexibility index (Phi) is 3.27. The standard InChI is InChI=1S/C15H15N3O3/c16-12-3-1-9(7-11(12)15(17)19)18-10-2-4-13-14(8-10)21-6-5-20-13/h1-4,7-8,18H,5-6,16H2,(H2,17,19). The Balaban J connectivity index is 1.86. The van der Waals surface area contributed by atoms with Gasteiger partial charge in [-0.1, -0.05) is 0 Å². The fraction of sp³-hybridized carbons (Fsp3) is 0.133. The first-order chi connectivity index (χ1) is 10.1. The van der Waals surface area contributed by atoms with Crippen molar-refractivity contribution in [3.63, 3.8) is 0 Å². The lowest BCUT2D eigenvalue weighted by Gasteiger charge is -2.19. The van der Waals surface area contributed by atoms with Gasteiger partial charge in [0.25, 0.3) is 5.91 Å². The molecule has 0 aromatic heterocycles. The Morgan fingerprint density at radius 3 is 2.43 bits per heavy atom. The maximum absolute atomic E-state index is 11.3. The topological polar surface area (TPSA) is 99.6 Å². The quantitative estimate of drug-likeness (QED) is 0.748. The van der Waals surface area contributed by atoms with Crippen LogP contribution in [0.1, 0.15) is 10.4 Å². The monoisotopic (exact) mass is 285 g/mol. The van der Waals surface area contributed by atoms with Gasteiger partial charge in [-0.2, -0.15) is 0 Å². The highest BCUT2D eigenvalue weighted by Gasteiger charge is 2.12. The maximum Gasteiger partial charge on any atom is 0.250 e. The molecule has 0 saturated heterocycles. The molecule has 2 aromatic rings. The molecule has 0 aliphatic carbocycles. The number of ether oxygens (including phenoxy) is 2. The molecule has 0 spiro atoms. The second-order valence-corrected chi connectivity index (χ2v) is 4.65. The number of primary amides is 1. The molecule has 1 aliphatic heterocycles. The molecular formula is C15H15N3O3. The third-order valence-electron chi connectivity index (χ3n) is 3.15. The van der Waals surface area contributed by atoms with E-state index in [2.05, 4.69) is 5.32 Å². The lowest BCUT2D eigenvalue weighted by molar-refractivity contribution is 0.100. The average Bonchev–Trinajstić information content (AvgIpc) is 2.49. The zero-order valence-electron chi connectivity index (χ0n) is 11.3. The van der Waals surface area contributed by atoms with E-state index >= 15 is 0 Å². The fourth-order valence-electron chi connectivity index (χ4n) is 2.14. The molecule has 21 heavy (non-hydrogen) atoms. The van der Waals surface area contributed by atoms with Gasteiger partial charge in [0.2, 0.25) is 0 Å². The number of carbonyl (C=O) groups is 1. The van der Waals surface area contributed by atoms with Gasteiger partial charge in [0.05, 0.1) is 5.56 Å². The summed E-state index contributed by atoms with van der Waals surface area (Å²) in [6, 6.07) is 10.6. The summed E-state index contributed by atoms with van der Waals surface area (Å²) in [7, 11) is 0. The number of anilines is 3. The van der Waals surface area contributed by atoms with Gasteiger partial charge in [-0.05, 0) is 30.3 Å². The summed E-state index contributed by atoms with van der Waals surface area (Å²) in [5, 5.41) is 3.18. The van der Waals surface area contributed by atoms with Gasteiger partial charge in [0, 0.05) is 23.1 Å². The average molecular weight is 285 g/mol. The van der Waals surface area contributed by atoms with Gasteiger partial charge >= 0.3 is 0 Å². The van der Waals surface area contributed by atoms with Crippen molar-refractivity contribution in [3.8, 4) is 11.5 Å². The van der Waals surface area contributed by atoms with E-state index in [0.717, 1.165) is 17.1 Å². The number of nitrogens with one attached hydrogen (secondary N) is 1. The number of carbonyl (C=O) groups excluding carboxylic acids is 1. The Morgan fingerprint density at radius 1 is 1.00 bits per heavy atom. The van der Waals surface area contributed by atoms with Crippen LogP contribution in [0.4, 0.5) is 17.1 Å². The molecule has 0 saturated carbocycles. The van der Waals surface area contributed by atoms with Crippen LogP contribution in [0.3, 0.4) is 0 Å². The number of nitrogen functional groups attached to an aromatic ring is 1. The van der Waals surface area contributed by atoms with Crippen LogP contribution in [0.15, 0.2) is 36.4 Å². The molecule has 0 bridgehead atoms. The number of benzene rings is 2. The molecule has 6 heteroatoms. The summed E-state index contributed by atoms with van der Waals surface area (Å²) in [5.41, 5.74) is 13.2. The number of fused-ring (bicyclic) bond motifs is 1. The maximum atomic E-state index is 11.3. The molecule has 0 fully saturated rings. The molecule has 6 nitrogen and oxygen atoms in total. The molecule has 2 aromatic carbocycles. The van der Waals surface area contributed by atoms with Crippen molar-refractivity contribution in [2.45, 2.75) is 0 Å². The van der Waals surface area contributed by atoms with Gasteiger partial charge in [-0.15, -0.1) is 0 Å². The third kappa shape index (κ3) is 2.69. The van der Waals surface area contributed by atoms with Gasteiger partial charge in [0.1, 0.15) is 13.2 Å². The zero-order chi connectivity index (χ0) is 14.8. The highest BCUT2D eigenvalue weighted by molar-refractivity contribution is 5.99.